The van der Waals surface area contributed by atoms with Crippen LogP contribution in [0.15, 0.2) is 52.4 Å². The Hall–Kier alpha value is -2.12. The number of rotatable bonds is 13. The largest absolute Gasteiger partial charge is 0.383 e. The summed E-state index contributed by atoms with van der Waals surface area (Å²) in [4.78, 5) is 17.9. The van der Waals surface area contributed by atoms with E-state index in [2.05, 4.69) is 4.99 Å². The van der Waals surface area contributed by atoms with E-state index in [1.807, 2.05) is 23.6 Å². The first-order valence-electron chi connectivity index (χ1n) is 11.4. The molecule has 1 heterocycles. The van der Waals surface area contributed by atoms with Crippen LogP contribution < -0.4 is 4.80 Å². The van der Waals surface area contributed by atoms with Gasteiger partial charge in [0.1, 0.15) is 0 Å². The van der Waals surface area contributed by atoms with E-state index in [1.54, 1.807) is 6.07 Å². The van der Waals surface area contributed by atoms with Crippen LogP contribution in [0.3, 0.4) is 0 Å². The van der Waals surface area contributed by atoms with Gasteiger partial charge in [-0.25, -0.2) is 8.42 Å². The average Bonchev–Trinajstić information content (AvgIpc) is 3.19. The molecule has 2 aromatic carbocycles. The van der Waals surface area contributed by atoms with Gasteiger partial charge in [-0.3, -0.25) is 4.79 Å². The first-order valence-corrected chi connectivity index (χ1v) is 14.0. The normalized spacial score (nSPS) is 12.6. The van der Waals surface area contributed by atoms with Crippen molar-refractivity contribution in [2.45, 2.75) is 18.4 Å². The van der Waals surface area contributed by atoms with Crippen LogP contribution in [0.25, 0.3) is 10.2 Å². The third-order valence-electron chi connectivity index (χ3n) is 5.33. The van der Waals surface area contributed by atoms with Crippen LogP contribution in [0.2, 0.25) is 5.02 Å². The lowest BCUT2D eigenvalue weighted by Gasteiger charge is -2.21. The summed E-state index contributed by atoms with van der Waals surface area (Å²) >= 11 is 7.50. The van der Waals surface area contributed by atoms with Gasteiger partial charge < -0.3 is 18.8 Å². The molecule has 0 saturated heterocycles. The van der Waals surface area contributed by atoms with Crippen LogP contribution in [0.1, 0.15) is 17.3 Å². The second-order valence-corrected chi connectivity index (χ2v) is 11.1. The molecule has 0 saturated carbocycles. The highest BCUT2D eigenvalue weighted by atomic mass is 35.5. The fourth-order valence-corrected chi connectivity index (χ4v) is 6.20. The molecule has 0 spiro atoms. The molecule has 0 bridgehead atoms. The Kier molecular flexibility index (Phi) is 10.6. The van der Waals surface area contributed by atoms with Crippen molar-refractivity contribution in [1.82, 2.24) is 8.87 Å². The second-order valence-electron chi connectivity index (χ2n) is 7.68. The molecular weight excluding hydrogens is 526 g/mol. The topological polar surface area (TPSA) is 99.4 Å². The number of benzene rings is 2. The Morgan fingerprint density at radius 2 is 1.72 bits per heavy atom. The lowest BCUT2D eigenvalue weighted by Crippen LogP contribution is -2.36. The Labute approximate surface area is 219 Å². The van der Waals surface area contributed by atoms with Gasteiger partial charge in [0.2, 0.25) is 10.0 Å². The number of amides is 1. The number of fused-ring (bicyclic) bond motifs is 1. The van der Waals surface area contributed by atoms with E-state index in [0.29, 0.717) is 29.6 Å². The van der Waals surface area contributed by atoms with E-state index in [9.17, 15) is 13.2 Å². The van der Waals surface area contributed by atoms with Crippen molar-refractivity contribution in [2.75, 3.05) is 53.7 Å². The number of halogens is 1. The van der Waals surface area contributed by atoms with Crippen LogP contribution in [0.4, 0.5) is 0 Å². The molecule has 3 aromatic rings. The molecule has 0 aliphatic heterocycles. The smallest absolute Gasteiger partial charge is 0.279 e. The molecule has 0 N–H and O–H groups in total. The standard InChI is InChI=1S/C24H30ClN3O6S2/c1-4-34-16-13-28-21-10-7-19(25)17-22(21)35-24(28)26-23(29)18-5-8-20(9-6-18)36(30,31)27(11-14-32-2)12-15-33-3/h5-10,17H,4,11-16H2,1-3H3. The lowest BCUT2D eigenvalue weighted by atomic mass is 10.2. The van der Waals surface area contributed by atoms with Crippen molar-refractivity contribution >= 4 is 49.1 Å². The molecule has 36 heavy (non-hydrogen) atoms. The summed E-state index contributed by atoms with van der Waals surface area (Å²) in [7, 11) is -0.764. The number of nitrogens with zero attached hydrogens (tertiary/aromatic N) is 3. The van der Waals surface area contributed by atoms with Gasteiger partial charge in [0.25, 0.3) is 5.91 Å². The highest BCUT2D eigenvalue weighted by molar-refractivity contribution is 7.89. The highest BCUT2D eigenvalue weighted by Crippen LogP contribution is 2.22. The minimum Gasteiger partial charge on any atom is -0.383 e. The van der Waals surface area contributed by atoms with Crippen LogP contribution >= 0.6 is 22.9 Å². The quantitative estimate of drug-likeness (QED) is 0.300. The number of sulfonamides is 1. The number of carbonyl (C=O) groups excluding carboxylic acids is 1. The average molecular weight is 556 g/mol. The number of methoxy groups -OCH3 is 2. The fourth-order valence-electron chi connectivity index (χ4n) is 3.46. The minimum atomic E-state index is -3.78. The van der Waals surface area contributed by atoms with E-state index >= 15 is 0 Å². The van der Waals surface area contributed by atoms with E-state index in [0.717, 1.165) is 10.2 Å². The maximum atomic E-state index is 13.1. The van der Waals surface area contributed by atoms with Crippen molar-refractivity contribution in [3.63, 3.8) is 0 Å². The Morgan fingerprint density at radius 1 is 1.06 bits per heavy atom. The molecule has 9 nitrogen and oxygen atoms in total. The van der Waals surface area contributed by atoms with E-state index in [1.165, 1.54) is 54.1 Å². The summed E-state index contributed by atoms with van der Waals surface area (Å²) in [6.45, 7) is 4.39. The van der Waals surface area contributed by atoms with E-state index < -0.39 is 15.9 Å². The number of thiazole rings is 1. The van der Waals surface area contributed by atoms with Gasteiger partial charge in [0, 0.05) is 51.0 Å². The van der Waals surface area contributed by atoms with Crippen LogP contribution in [0, 0.1) is 0 Å². The third-order valence-corrected chi connectivity index (χ3v) is 8.52. The monoisotopic (exact) mass is 555 g/mol. The highest BCUT2D eigenvalue weighted by Gasteiger charge is 2.24. The summed E-state index contributed by atoms with van der Waals surface area (Å²) in [6.07, 6.45) is 0. The molecular formula is C24H30ClN3O6S2. The number of hydrogen-bond acceptors (Lipinski definition) is 7. The summed E-state index contributed by atoms with van der Waals surface area (Å²) in [5.41, 5.74) is 1.19. The van der Waals surface area contributed by atoms with Gasteiger partial charge in [-0.15, -0.1) is 0 Å². The molecule has 0 radical (unpaired) electrons. The number of carbonyl (C=O) groups is 1. The number of hydrogen-bond donors (Lipinski definition) is 0. The molecule has 3 rings (SSSR count). The summed E-state index contributed by atoms with van der Waals surface area (Å²) in [5, 5.41) is 0.598. The molecule has 0 aliphatic carbocycles. The van der Waals surface area contributed by atoms with Gasteiger partial charge in [-0.2, -0.15) is 9.30 Å². The Morgan fingerprint density at radius 3 is 2.33 bits per heavy atom. The molecule has 1 amide bonds. The molecule has 1 aromatic heterocycles. The zero-order valence-electron chi connectivity index (χ0n) is 20.5. The maximum absolute atomic E-state index is 13.1. The number of aromatic nitrogens is 1. The van der Waals surface area contributed by atoms with Gasteiger partial charge in [-0.05, 0) is 49.4 Å². The third kappa shape index (κ3) is 7.00. The maximum Gasteiger partial charge on any atom is 0.279 e. The summed E-state index contributed by atoms with van der Waals surface area (Å²) < 4.78 is 45.9. The Balaban J connectivity index is 1.90. The summed E-state index contributed by atoms with van der Waals surface area (Å²) in [5.74, 6) is -0.475. The number of ether oxygens (including phenoxy) is 3. The molecule has 0 aliphatic rings. The van der Waals surface area contributed by atoms with Crippen molar-refractivity contribution in [3.05, 3.63) is 57.9 Å². The van der Waals surface area contributed by atoms with Crippen molar-refractivity contribution in [1.29, 1.82) is 0 Å². The fraction of sp³-hybridized carbons (Fsp3) is 0.417. The second kappa shape index (κ2) is 13.4. The van der Waals surface area contributed by atoms with Crippen LogP contribution in [0.5, 0.6) is 0 Å². The zero-order chi connectivity index (χ0) is 26.1. The SMILES string of the molecule is CCOCCn1c(=NC(=O)c2ccc(S(=O)(=O)N(CCOC)CCOC)cc2)sc2cc(Cl)ccc21. The first kappa shape index (κ1) is 28.5. The van der Waals surface area contributed by atoms with Crippen LogP contribution in [-0.4, -0.2) is 76.9 Å². The predicted molar refractivity (Wildman–Crippen MR) is 140 cm³/mol. The van der Waals surface area contributed by atoms with Crippen molar-refractivity contribution < 1.29 is 27.4 Å². The van der Waals surface area contributed by atoms with E-state index in [4.69, 9.17) is 25.8 Å². The van der Waals surface area contributed by atoms with Gasteiger partial charge in [0.05, 0.1) is 34.9 Å². The first-order chi connectivity index (χ1) is 17.3. The van der Waals surface area contributed by atoms with Gasteiger partial charge in [-0.1, -0.05) is 22.9 Å². The Bertz CT molecular complexity index is 1330. The van der Waals surface area contributed by atoms with E-state index in [-0.39, 0.29) is 36.8 Å². The molecule has 12 heteroatoms. The lowest BCUT2D eigenvalue weighted by molar-refractivity contribution is 0.0996. The summed E-state index contributed by atoms with van der Waals surface area (Å²) in [6, 6.07) is 11.3. The molecule has 0 unspecified atom stereocenters. The zero-order valence-corrected chi connectivity index (χ0v) is 22.9. The molecule has 0 atom stereocenters. The predicted octanol–water partition coefficient (Wildman–Crippen LogP) is 3.42. The minimum absolute atomic E-state index is 0.0783. The van der Waals surface area contributed by atoms with Crippen molar-refractivity contribution in [2.24, 2.45) is 4.99 Å². The molecule has 196 valence electrons. The van der Waals surface area contributed by atoms with Crippen molar-refractivity contribution in [3.8, 4) is 0 Å². The van der Waals surface area contributed by atoms with Crippen LogP contribution in [-0.2, 0) is 30.8 Å². The van der Waals surface area contributed by atoms with Gasteiger partial charge in [0.15, 0.2) is 4.80 Å². The van der Waals surface area contributed by atoms with Gasteiger partial charge >= 0.3 is 0 Å². The molecule has 0 fully saturated rings.